The van der Waals surface area contributed by atoms with Gasteiger partial charge in [0.1, 0.15) is 5.75 Å². The van der Waals surface area contributed by atoms with Crippen LogP contribution in [0.2, 0.25) is 0 Å². The lowest BCUT2D eigenvalue weighted by atomic mass is 9.70. The normalized spacial score (nSPS) is 20.9. The first-order valence-electron chi connectivity index (χ1n) is 10.8. The summed E-state index contributed by atoms with van der Waals surface area (Å²) >= 11 is 0. The molecular weight excluding hydrogens is 471 g/mol. The highest BCUT2D eigenvalue weighted by Crippen LogP contribution is 2.46. The fraction of sp³-hybridized carbons (Fsp3) is 0.435. The van der Waals surface area contributed by atoms with Crippen molar-refractivity contribution in [3.05, 3.63) is 42.5 Å². The van der Waals surface area contributed by atoms with E-state index in [1.807, 2.05) is 4.57 Å². The van der Waals surface area contributed by atoms with Crippen LogP contribution < -0.4 is 10.1 Å². The molecule has 2 aromatic carbocycles. The summed E-state index contributed by atoms with van der Waals surface area (Å²) in [6.07, 6.45) is -1.94. The van der Waals surface area contributed by atoms with Crippen LogP contribution >= 0.6 is 0 Å². The van der Waals surface area contributed by atoms with Gasteiger partial charge in [-0.25, -0.2) is 4.98 Å². The second kappa shape index (κ2) is 8.46. The largest absolute Gasteiger partial charge is 0.573 e. The molecule has 1 aromatic heterocycles. The highest BCUT2D eigenvalue weighted by atomic mass is 32.2. The highest BCUT2D eigenvalue weighted by Gasteiger charge is 2.35. The molecule has 0 aliphatic heterocycles. The predicted molar refractivity (Wildman–Crippen MR) is 122 cm³/mol. The van der Waals surface area contributed by atoms with E-state index >= 15 is 0 Å². The summed E-state index contributed by atoms with van der Waals surface area (Å²) in [5.41, 5.74) is 1.65. The number of benzene rings is 2. The third-order valence-corrected chi connectivity index (χ3v) is 6.88. The average Bonchev–Trinajstić information content (AvgIpc) is 3.03. The van der Waals surface area contributed by atoms with Crippen LogP contribution in [-0.2, 0) is 10.1 Å². The molecule has 1 aliphatic rings. The second-order valence-electron chi connectivity index (χ2n) is 9.70. The molecule has 3 aromatic rings. The van der Waals surface area contributed by atoms with E-state index in [1.54, 1.807) is 6.07 Å². The Bertz CT molecular complexity index is 1300. The van der Waals surface area contributed by atoms with E-state index in [1.165, 1.54) is 36.4 Å². The zero-order valence-electron chi connectivity index (χ0n) is 18.9. The van der Waals surface area contributed by atoms with Crippen molar-refractivity contribution in [3.8, 4) is 5.75 Å². The first-order valence-corrected chi connectivity index (χ1v) is 12.3. The molecule has 7 nitrogen and oxygen atoms in total. The Kier molecular flexibility index (Phi) is 6.05. The van der Waals surface area contributed by atoms with Crippen LogP contribution in [0.5, 0.6) is 5.75 Å². The molecule has 1 heterocycles. The van der Waals surface area contributed by atoms with Crippen molar-refractivity contribution in [3.63, 3.8) is 0 Å². The Morgan fingerprint density at radius 2 is 1.82 bits per heavy atom. The van der Waals surface area contributed by atoms with E-state index in [-0.39, 0.29) is 22.1 Å². The highest BCUT2D eigenvalue weighted by molar-refractivity contribution is 7.85. The van der Waals surface area contributed by atoms with Crippen molar-refractivity contribution in [2.45, 2.75) is 57.3 Å². The molecule has 2 atom stereocenters. The molecule has 0 bridgehead atoms. The third-order valence-electron chi connectivity index (χ3n) is 6.03. The van der Waals surface area contributed by atoms with Crippen LogP contribution in [0.15, 0.2) is 47.4 Å². The van der Waals surface area contributed by atoms with Crippen LogP contribution in [0, 0.1) is 11.3 Å². The van der Waals surface area contributed by atoms with Gasteiger partial charge in [-0.05, 0) is 73.1 Å². The number of ether oxygens (including phenoxy) is 1. The Hall–Kier alpha value is -2.79. The number of imidazole rings is 1. The molecule has 0 saturated heterocycles. The van der Waals surface area contributed by atoms with Crippen molar-refractivity contribution < 1.29 is 30.9 Å². The van der Waals surface area contributed by atoms with E-state index in [9.17, 15) is 26.1 Å². The maximum atomic E-state index is 12.5. The van der Waals surface area contributed by atoms with Gasteiger partial charge in [-0.3, -0.25) is 4.55 Å². The fourth-order valence-corrected chi connectivity index (χ4v) is 5.56. The van der Waals surface area contributed by atoms with Crippen molar-refractivity contribution in [2.24, 2.45) is 11.3 Å². The Morgan fingerprint density at radius 3 is 2.41 bits per heavy atom. The maximum absolute atomic E-state index is 12.5. The van der Waals surface area contributed by atoms with Crippen LogP contribution in [0.4, 0.5) is 24.8 Å². The number of halogens is 3. The number of aromatic nitrogens is 2. The van der Waals surface area contributed by atoms with Gasteiger partial charge in [-0.15, -0.1) is 13.2 Å². The van der Waals surface area contributed by atoms with Crippen molar-refractivity contribution in [1.82, 2.24) is 9.55 Å². The number of nitrogens with zero attached hydrogens (tertiary/aromatic N) is 2. The van der Waals surface area contributed by atoms with Gasteiger partial charge in [-0.2, -0.15) is 8.42 Å². The summed E-state index contributed by atoms with van der Waals surface area (Å²) in [5, 5.41) is 3.15. The maximum Gasteiger partial charge on any atom is 0.573 e. The molecular formula is C23H26F3N3O4S. The van der Waals surface area contributed by atoms with Gasteiger partial charge >= 0.3 is 6.36 Å². The first kappa shape index (κ1) is 24.3. The zero-order valence-corrected chi connectivity index (χ0v) is 19.7. The number of alkyl halides is 3. The lowest BCUT2D eigenvalue weighted by molar-refractivity contribution is -0.274. The number of hydrogen-bond donors (Lipinski definition) is 2. The summed E-state index contributed by atoms with van der Waals surface area (Å²) < 4.78 is 76.0. The lowest BCUT2D eigenvalue weighted by Crippen LogP contribution is -2.29. The van der Waals surface area contributed by atoms with Gasteiger partial charge in [0, 0.05) is 11.7 Å². The van der Waals surface area contributed by atoms with Crippen molar-refractivity contribution in [1.29, 1.82) is 0 Å². The van der Waals surface area contributed by atoms with Gasteiger partial charge in [-0.1, -0.05) is 20.8 Å². The van der Waals surface area contributed by atoms with Crippen molar-refractivity contribution >= 4 is 32.8 Å². The van der Waals surface area contributed by atoms with E-state index in [4.69, 9.17) is 0 Å². The molecule has 4 rings (SSSR count). The summed E-state index contributed by atoms with van der Waals surface area (Å²) in [6.45, 7) is 6.60. The summed E-state index contributed by atoms with van der Waals surface area (Å²) in [6, 6.07) is 9.61. The molecule has 1 fully saturated rings. The minimum Gasteiger partial charge on any atom is -0.406 e. The topological polar surface area (TPSA) is 93.5 Å². The molecule has 1 aliphatic carbocycles. The summed E-state index contributed by atoms with van der Waals surface area (Å²) in [7, 11) is -4.40. The van der Waals surface area contributed by atoms with E-state index in [0.717, 1.165) is 19.3 Å². The molecule has 0 amide bonds. The minimum atomic E-state index is -4.78. The number of nitrogens with one attached hydrogen (secondary N) is 1. The molecule has 0 spiro atoms. The second-order valence-corrected chi connectivity index (χ2v) is 11.1. The summed E-state index contributed by atoms with van der Waals surface area (Å²) in [4.78, 5) is 4.32. The smallest absolute Gasteiger partial charge is 0.406 e. The molecule has 0 unspecified atom stereocenters. The quantitative estimate of drug-likeness (QED) is 0.401. The fourth-order valence-electron chi connectivity index (χ4n) is 5.06. The zero-order chi connectivity index (χ0) is 24.9. The standard InChI is InChI=1S/C23H26F3N3O4S/c1-14-10-16(13-22(2,3)12-14)29-20-9-8-18(34(30,31)32)11-19(20)28-21(29)27-15-4-6-17(7-5-15)33-23(24,25)26/h4-9,11,14,16H,10,12-13H2,1-3H3,(H,27,28)(H,30,31,32)/t14-,16+/m1/s1. The molecule has 34 heavy (non-hydrogen) atoms. The molecule has 2 N–H and O–H groups in total. The predicted octanol–water partition coefficient (Wildman–Crippen LogP) is 6.31. The van der Waals surface area contributed by atoms with Crippen molar-refractivity contribution in [2.75, 3.05) is 5.32 Å². The number of hydrogen-bond acceptors (Lipinski definition) is 5. The Morgan fingerprint density at radius 1 is 1.15 bits per heavy atom. The van der Waals surface area contributed by atoms with Gasteiger partial charge in [0.25, 0.3) is 10.1 Å². The van der Waals surface area contributed by atoms with Crippen LogP contribution in [-0.4, -0.2) is 28.9 Å². The van der Waals surface area contributed by atoms with E-state index < -0.39 is 16.5 Å². The van der Waals surface area contributed by atoms with Gasteiger partial charge in [0.05, 0.1) is 15.9 Å². The van der Waals surface area contributed by atoms with Crippen LogP contribution in [0.25, 0.3) is 11.0 Å². The van der Waals surface area contributed by atoms with Gasteiger partial charge in [0.2, 0.25) is 5.95 Å². The van der Waals surface area contributed by atoms with E-state index in [0.29, 0.717) is 28.6 Å². The number of rotatable bonds is 5. The average molecular weight is 498 g/mol. The van der Waals surface area contributed by atoms with Crippen LogP contribution in [0.1, 0.15) is 46.1 Å². The molecule has 1 saturated carbocycles. The number of fused-ring (bicyclic) bond motifs is 1. The Labute approximate surface area is 195 Å². The van der Waals surface area contributed by atoms with Gasteiger partial charge < -0.3 is 14.6 Å². The Balaban J connectivity index is 1.76. The summed E-state index contributed by atoms with van der Waals surface area (Å²) in [5.74, 6) is 0.545. The molecule has 0 radical (unpaired) electrons. The first-order chi connectivity index (χ1) is 15.7. The third kappa shape index (κ3) is 5.47. The van der Waals surface area contributed by atoms with E-state index in [2.05, 4.69) is 35.8 Å². The number of anilines is 2. The molecule has 184 valence electrons. The minimum absolute atomic E-state index is 0.0654. The lowest BCUT2D eigenvalue weighted by Gasteiger charge is -2.40. The van der Waals surface area contributed by atoms with Crippen LogP contribution in [0.3, 0.4) is 0 Å². The van der Waals surface area contributed by atoms with Gasteiger partial charge in [0.15, 0.2) is 0 Å². The SMILES string of the molecule is C[C@@H]1C[C@H](n2c(Nc3ccc(OC(F)(F)F)cc3)nc3cc(S(=O)(=O)O)ccc32)CC(C)(C)C1. The molecule has 11 heteroatoms. The monoisotopic (exact) mass is 497 g/mol.